The predicted molar refractivity (Wildman–Crippen MR) is 79.5 cm³/mol. The lowest BCUT2D eigenvalue weighted by molar-refractivity contribution is -0.121. The van der Waals surface area contributed by atoms with Crippen molar-refractivity contribution in [3.8, 4) is 0 Å². The maximum atomic E-state index is 12.0. The van der Waals surface area contributed by atoms with E-state index in [9.17, 15) is 4.79 Å². The van der Waals surface area contributed by atoms with Gasteiger partial charge in [0.25, 0.3) is 0 Å². The molecule has 1 atom stereocenters. The van der Waals surface area contributed by atoms with E-state index in [0.717, 1.165) is 38.3 Å². The van der Waals surface area contributed by atoms with Crippen LogP contribution in [-0.2, 0) is 17.8 Å². The van der Waals surface area contributed by atoms with Crippen molar-refractivity contribution in [2.75, 3.05) is 26.7 Å². The van der Waals surface area contributed by atoms with E-state index in [2.05, 4.69) is 40.7 Å². The molecule has 1 saturated heterocycles. The summed E-state index contributed by atoms with van der Waals surface area (Å²) in [4.78, 5) is 18.6. The molecule has 1 aromatic heterocycles. The Hall–Kier alpha value is -1.36. The minimum absolute atomic E-state index is 0.136. The van der Waals surface area contributed by atoms with Gasteiger partial charge in [0.1, 0.15) is 5.82 Å². The Labute approximate surface area is 121 Å². The van der Waals surface area contributed by atoms with Gasteiger partial charge in [0.05, 0.1) is 0 Å². The van der Waals surface area contributed by atoms with Crippen molar-refractivity contribution in [3.05, 3.63) is 18.2 Å². The highest BCUT2D eigenvalue weighted by molar-refractivity contribution is 5.75. The first kappa shape index (κ1) is 15.0. The van der Waals surface area contributed by atoms with Crippen LogP contribution in [0.1, 0.15) is 32.5 Å². The number of likely N-dealkylation sites (tertiary alicyclic amines) is 1. The molecule has 112 valence electrons. The van der Waals surface area contributed by atoms with E-state index in [1.165, 1.54) is 0 Å². The Bertz CT molecular complexity index is 456. The third-order valence-corrected chi connectivity index (χ3v) is 4.16. The number of imidazole rings is 1. The first-order valence-corrected chi connectivity index (χ1v) is 7.48. The number of hydrogen-bond donors (Lipinski definition) is 1. The number of amides is 1. The minimum Gasteiger partial charge on any atom is -0.355 e. The van der Waals surface area contributed by atoms with Crippen molar-refractivity contribution in [1.29, 1.82) is 0 Å². The molecule has 0 spiro atoms. The summed E-state index contributed by atoms with van der Waals surface area (Å²) >= 11 is 0. The zero-order chi connectivity index (χ0) is 14.6. The molecule has 1 fully saturated rings. The van der Waals surface area contributed by atoms with E-state index in [1.807, 2.05) is 6.20 Å². The van der Waals surface area contributed by atoms with Crippen LogP contribution >= 0.6 is 0 Å². The van der Waals surface area contributed by atoms with Crippen LogP contribution in [0.4, 0.5) is 0 Å². The third-order valence-electron chi connectivity index (χ3n) is 4.16. The second-order valence-electron chi connectivity index (χ2n) is 6.22. The summed E-state index contributed by atoms with van der Waals surface area (Å²) in [6, 6.07) is 0. The molecule has 1 amide bonds. The number of hydrogen-bond acceptors (Lipinski definition) is 3. The van der Waals surface area contributed by atoms with Gasteiger partial charge in [0.2, 0.25) is 5.91 Å². The molecule has 1 aromatic rings. The van der Waals surface area contributed by atoms with Gasteiger partial charge in [-0.3, -0.25) is 4.79 Å². The van der Waals surface area contributed by atoms with Gasteiger partial charge in [0.15, 0.2) is 0 Å². The predicted octanol–water partition coefficient (Wildman–Crippen LogP) is 1.29. The lowest BCUT2D eigenvalue weighted by atomic mass is 9.90. The van der Waals surface area contributed by atoms with Crippen molar-refractivity contribution < 1.29 is 4.79 Å². The summed E-state index contributed by atoms with van der Waals surface area (Å²) in [5, 5.41) is 3.09. The summed E-state index contributed by atoms with van der Waals surface area (Å²) in [5.74, 6) is 1.18. The van der Waals surface area contributed by atoms with Crippen LogP contribution < -0.4 is 5.32 Å². The fourth-order valence-electron chi connectivity index (χ4n) is 2.90. The fraction of sp³-hybridized carbons (Fsp3) is 0.733. The number of nitrogens with zero attached hydrogens (tertiary/aromatic N) is 3. The lowest BCUT2D eigenvalue weighted by Gasteiger charge is -2.24. The normalized spacial score (nSPS) is 23.1. The Balaban J connectivity index is 1.73. The molecule has 0 radical (unpaired) electrons. The molecular formula is C15H26N4O. The van der Waals surface area contributed by atoms with Gasteiger partial charge in [-0.2, -0.15) is 0 Å². The van der Waals surface area contributed by atoms with Crippen molar-refractivity contribution in [2.45, 2.75) is 39.7 Å². The van der Waals surface area contributed by atoms with Crippen LogP contribution in [-0.4, -0.2) is 47.0 Å². The molecule has 1 aliphatic rings. The quantitative estimate of drug-likeness (QED) is 0.853. The van der Waals surface area contributed by atoms with Crippen molar-refractivity contribution in [2.24, 2.45) is 5.41 Å². The molecule has 1 aliphatic heterocycles. The summed E-state index contributed by atoms with van der Waals surface area (Å²) < 4.78 is 2.06. The highest BCUT2D eigenvalue weighted by Crippen LogP contribution is 2.27. The Kier molecular flexibility index (Phi) is 4.81. The highest BCUT2D eigenvalue weighted by atomic mass is 16.1. The van der Waals surface area contributed by atoms with Gasteiger partial charge in [-0.05, 0) is 25.4 Å². The molecule has 0 saturated carbocycles. The number of carbonyl (C=O) groups excluding carboxylic acids is 1. The van der Waals surface area contributed by atoms with Gasteiger partial charge < -0.3 is 14.8 Å². The standard InChI is InChI=1S/C15H26N4O/c1-4-13-16-7-10-19(13)8-5-14(20)17-11-15(2)6-9-18(3)12-15/h7,10H,4-6,8-9,11-12H2,1-3H3,(H,17,20)/t15-/m0/s1. The van der Waals surface area contributed by atoms with Crippen LogP contribution in [0.5, 0.6) is 0 Å². The average molecular weight is 278 g/mol. The molecule has 5 nitrogen and oxygen atoms in total. The number of carbonyl (C=O) groups is 1. The van der Waals surface area contributed by atoms with Gasteiger partial charge in [-0.1, -0.05) is 13.8 Å². The summed E-state index contributed by atoms with van der Waals surface area (Å²) in [6.07, 6.45) is 6.32. The van der Waals surface area contributed by atoms with Gasteiger partial charge >= 0.3 is 0 Å². The molecule has 0 unspecified atom stereocenters. The number of rotatable bonds is 6. The molecule has 1 N–H and O–H groups in total. The van der Waals surface area contributed by atoms with E-state index in [-0.39, 0.29) is 11.3 Å². The lowest BCUT2D eigenvalue weighted by Crippen LogP contribution is -2.37. The van der Waals surface area contributed by atoms with E-state index in [4.69, 9.17) is 0 Å². The zero-order valence-electron chi connectivity index (χ0n) is 12.9. The van der Waals surface area contributed by atoms with Crippen molar-refractivity contribution in [1.82, 2.24) is 19.8 Å². The summed E-state index contributed by atoms with van der Waals surface area (Å²) in [6.45, 7) is 8.01. The molecule has 0 aromatic carbocycles. The van der Waals surface area contributed by atoms with Crippen LogP contribution in [0.3, 0.4) is 0 Å². The third kappa shape index (κ3) is 3.82. The molecule has 0 aliphatic carbocycles. The van der Waals surface area contributed by atoms with Crippen LogP contribution in [0.2, 0.25) is 0 Å². The average Bonchev–Trinajstić information content (AvgIpc) is 3.01. The Morgan fingerprint density at radius 1 is 1.55 bits per heavy atom. The van der Waals surface area contributed by atoms with Crippen molar-refractivity contribution in [3.63, 3.8) is 0 Å². The highest BCUT2D eigenvalue weighted by Gasteiger charge is 2.31. The van der Waals surface area contributed by atoms with E-state index < -0.39 is 0 Å². The first-order chi connectivity index (χ1) is 9.52. The van der Waals surface area contributed by atoms with Crippen LogP contribution in [0.25, 0.3) is 0 Å². The molecule has 2 rings (SSSR count). The summed E-state index contributed by atoms with van der Waals surface area (Å²) in [7, 11) is 2.14. The fourth-order valence-corrected chi connectivity index (χ4v) is 2.90. The maximum Gasteiger partial charge on any atom is 0.221 e. The topological polar surface area (TPSA) is 50.2 Å². The zero-order valence-corrected chi connectivity index (χ0v) is 12.9. The number of nitrogens with one attached hydrogen (secondary N) is 1. The van der Waals surface area contributed by atoms with Gasteiger partial charge in [-0.25, -0.2) is 4.98 Å². The SMILES string of the molecule is CCc1nccn1CCC(=O)NC[C@]1(C)CCN(C)C1. The largest absolute Gasteiger partial charge is 0.355 e. The van der Waals surface area contributed by atoms with Crippen molar-refractivity contribution >= 4 is 5.91 Å². The summed E-state index contributed by atoms with van der Waals surface area (Å²) in [5.41, 5.74) is 0.230. The number of aryl methyl sites for hydroxylation is 2. The Morgan fingerprint density at radius 2 is 2.35 bits per heavy atom. The van der Waals surface area contributed by atoms with Crippen LogP contribution in [0, 0.1) is 5.41 Å². The smallest absolute Gasteiger partial charge is 0.221 e. The molecular weight excluding hydrogens is 252 g/mol. The van der Waals surface area contributed by atoms with Gasteiger partial charge in [0, 0.05) is 44.9 Å². The molecule has 20 heavy (non-hydrogen) atoms. The first-order valence-electron chi connectivity index (χ1n) is 7.48. The second kappa shape index (κ2) is 6.39. The maximum absolute atomic E-state index is 12.0. The second-order valence-corrected chi connectivity index (χ2v) is 6.22. The van der Waals surface area contributed by atoms with E-state index in [0.29, 0.717) is 13.0 Å². The number of aromatic nitrogens is 2. The van der Waals surface area contributed by atoms with Crippen LogP contribution in [0.15, 0.2) is 12.4 Å². The monoisotopic (exact) mass is 278 g/mol. The Morgan fingerprint density at radius 3 is 3.00 bits per heavy atom. The van der Waals surface area contributed by atoms with E-state index >= 15 is 0 Å². The van der Waals surface area contributed by atoms with E-state index in [1.54, 1.807) is 6.20 Å². The molecule has 2 heterocycles. The molecule has 5 heteroatoms. The van der Waals surface area contributed by atoms with Gasteiger partial charge in [-0.15, -0.1) is 0 Å². The molecule has 0 bridgehead atoms. The minimum atomic E-state index is 0.136.